The number of carbonyl (C=O) groups is 1. The van der Waals surface area contributed by atoms with Gasteiger partial charge in [0, 0.05) is 7.05 Å². The number of tetrazole rings is 1. The van der Waals surface area contributed by atoms with Crippen LogP contribution in [0.2, 0.25) is 0 Å². The molecule has 0 aliphatic rings. The van der Waals surface area contributed by atoms with E-state index in [1.165, 1.54) is 23.1 Å². The highest BCUT2D eigenvalue weighted by Gasteiger charge is 2.31. The first-order valence-corrected chi connectivity index (χ1v) is 5.88. The van der Waals surface area contributed by atoms with Gasteiger partial charge in [-0.15, -0.1) is 5.10 Å². The van der Waals surface area contributed by atoms with E-state index in [0.717, 1.165) is 13.1 Å². The Bertz CT molecular complexity index is 657. The van der Waals surface area contributed by atoms with E-state index in [0.29, 0.717) is 10.6 Å². The first-order valence-electron chi connectivity index (χ1n) is 5.88. The van der Waals surface area contributed by atoms with Crippen LogP contribution in [0, 0.1) is 5.82 Å². The van der Waals surface area contributed by atoms with E-state index in [4.69, 9.17) is 0 Å². The summed E-state index contributed by atoms with van der Waals surface area (Å²) in [5, 5.41) is 12.4. The van der Waals surface area contributed by atoms with Crippen LogP contribution >= 0.6 is 0 Å². The molecule has 2 aromatic rings. The fraction of sp³-hybridized carbons (Fsp3) is 0.273. The summed E-state index contributed by atoms with van der Waals surface area (Å²) in [6.07, 6.45) is -3.30. The van der Waals surface area contributed by atoms with Gasteiger partial charge in [-0.05, 0) is 28.6 Å². The van der Waals surface area contributed by atoms with Gasteiger partial charge in [0.2, 0.25) is 0 Å². The molecule has 22 heavy (non-hydrogen) atoms. The minimum atomic E-state index is -4.54. The van der Waals surface area contributed by atoms with Crippen LogP contribution < -0.4 is 5.32 Å². The van der Waals surface area contributed by atoms with Crippen molar-refractivity contribution < 1.29 is 22.4 Å². The number of hydrogen-bond donors (Lipinski definition) is 1. The van der Waals surface area contributed by atoms with E-state index < -0.39 is 24.6 Å². The van der Waals surface area contributed by atoms with Crippen molar-refractivity contribution in [3.05, 3.63) is 30.3 Å². The van der Waals surface area contributed by atoms with Gasteiger partial charge >= 0.3 is 12.2 Å². The average Bonchev–Trinajstić information content (AvgIpc) is 2.93. The lowest BCUT2D eigenvalue weighted by molar-refractivity contribution is -0.137. The minimum Gasteiger partial charge on any atom is -0.318 e. The summed E-state index contributed by atoms with van der Waals surface area (Å²) in [5.41, 5.74) is 0.0483. The van der Waals surface area contributed by atoms with Crippen molar-refractivity contribution in [2.45, 2.75) is 6.18 Å². The normalized spacial score (nSPS) is 11.3. The summed E-state index contributed by atoms with van der Waals surface area (Å²) >= 11 is 0. The van der Waals surface area contributed by atoms with Crippen LogP contribution in [-0.4, -0.2) is 50.9 Å². The molecule has 0 saturated carbocycles. The number of amides is 2. The number of carbonyl (C=O) groups excluding carboxylic acids is 1. The van der Waals surface area contributed by atoms with E-state index in [-0.39, 0.29) is 5.69 Å². The second-order valence-electron chi connectivity index (χ2n) is 4.32. The smallest absolute Gasteiger partial charge is 0.318 e. The number of nitrogens with zero attached hydrogens (tertiary/aromatic N) is 5. The van der Waals surface area contributed by atoms with Crippen molar-refractivity contribution in [2.75, 3.05) is 18.9 Å². The number of anilines is 1. The van der Waals surface area contributed by atoms with Crippen molar-refractivity contribution >= 4 is 11.7 Å². The van der Waals surface area contributed by atoms with Gasteiger partial charge in [-0.25, -0.2) is 13.9 Å². The number of alkyl halides is 3. The Morgan fingerprint density at radius 3 is 2.73 bits per heavy atom. The Hall–Kier alpha value is -2.72. The van der Waals surface area contributed by atoms with Crippen molar-refractivity contribution in [3.63, 3.8) is 0 Å². The number of rotatable bonds is 3. The molecule has 1 aromatic carbocycles. The second-order valence-corrected chi connectivity index (χ2v) is 4.32. The maximum absolute atomic E-state index is 13.7. The van der Waals surface area contributed by atoms with E-state index in [1.54, 1.807) is 0 Å². The lowest BCUT2D eigenvalue weighted by Crippen LogP contribution is -2.38. The fourth-order valence-electron chi connectivity index (χ4n) is 1.58. The Morgan fingerprint density at radius 1 is 1.41 bits per heavy atom. The first-order chi connectivity index (χ1) is 10.3. The average molecular weight is 318 g/mol. The molecular formula is C11H10F4N6O. The molecule has 0 aliphatic heterocycles. The SMILES string of the molecule is CN(CC(F)(F)F)C(=O)Nc1cc(-n2cnnn2)ccc1F. The number of hydrogen-bond acceptors (Lipinski definition) is 4. The van der Waals surface area contributed by atoms with Gasteiger partial charge in [-0.1, -0.05) is 0 Å². The predicted octanol–water partition coefficient (Wildman–Crippen LogP) is 1.83. The molecular weight excluding hydrogens is 308 g/mol. The van der Waals surface area contributed by atoms with Crippen LogP contribution in [0.5, 0.6) is 0 Å². The Labute approximate surface area is 121 Å². The number of benzene rings is 1. The maximum atomic E-state index is 13.7. The van der Waals surface area contributed by atoms with E-state index in [1.807, 2.05) is 0 Å². The monoisotopic (exact) mass is 318 g/mol. The maximum Gasteiger partial charge on any atom is 0.406 e. The molecule has 1 N–H and O–H groups in total. The Morgan fingerprint density at radius 2 is 2.14 bits per heavy atom. The van der Waals surface area contributed by atoms with Gasteiger partial charge in [0.15, 0.2) is 0 Å². The van der Waals surface area contributed by atoms with E-state index in [2.05, 4.69) is 20.8 Å². The molecule has 11 heteroatoms. The predicted molar refractivity (Wildman–Crippen MR) is 66.8 cm³/mol. The minimum absolute atomic E-state index is 0.285. The largest absolute Gasteiger partial charge is 0.406 e. The van der Waals surface area contributed by atoms with Crippen LogP contribution in [-0.2, 0) is 0 Å². The number of urea groups is 1. The third-order valence-electron chi connectivity index (χ3n) is 2.57. The number of nitrogens with one attached hydrogen (secondary N) is 1. The summed E-state index contributed by atoms with van der Waals surface area (Å²) in [6.45, 7) is -1.45. The van der Waals surface area contributed by atoms with E-state index in [9.17, 15) is 22.4 Å². The zero-order valence-corrected chi connectivity index (χ0v) is 11.2. The molecule has 2 rings (SSSR count). The molecule has 2 amide bonds. The molecule has 1 aromatic heterocycles. The molecule has 0 saturated heterocycles. The highest BCUT2D eigenvalue weighted by atomic mass is 19.4. The Kier molecular flexibility index (Phi) is 4.24. The number of halogens is 4. The van der Waals surface area contributed by atoms with Crippen molar-refractivity contribution in [3.8, 4) is 5.69 Å². The highest BCUT2D eigenvalue weighted by molar-refractivity contribution is 5.89. The molecule has 0 spiro atoms. The lowest BCUT2D eigenvalue weighted by atomic mass is 10.2. The van der Waals surface area contributed by atoms with Gasteiger partial charge < -0.3 is 10.2 Å². The third kappa shape index (κ3) is 3.90. The summed E-state index contributed by atoms with van der Waals surface area (Å²) < 4.78 is 51.5. The van der Waals surface area contributed by atoms with Gasteiger partial charge in [0.25, 0.3) is 0 Å². The number of aromatic nitrogens is 4. The molecule has 0 fully saturated rings. The highest BCUT2D eigenvalue weighted by Crippen LogP contribution is 2.20. The van der Waals surface area contributed by atoms with E-state index >= 15 is 0 Å². The zero-order valence-electron chi connectivity index (χ0n) is 11.2. The van der Waals surface area contributed by atoms with Gasteiger partial charge in [-0.2, -0.15) is 13.2 Å². The summed E-state index contributed by atoms with van der Waals surface area (Å²) in [7, 11) is 0.950. The van der Waals surface area contributed by atoms with Crippen LogP contribution in [0.15, 0.2) is 24.5 Å². The van der Waals surface area contributed by atoms with Crippen LogP contribution in [0.1, 0.15) is 0 Å². The fourth-order valence-corrected chi connectivity index (χ4v) is 1.58. The van der Waals surface area contributed by atoms with Gasteiger partial charge in [0.1, 0.15) is 18.7 Å². The Balaban J connectivity index is 2.15. The van der Waals surface area contributed by atoms with Crippen LogP contribution in [0.25, 0.3) is 5.69 Å². The molecule has 118 valence electrons. The summed E-state index contributed by atoms with van der Waals surface area (Å²) in [4.78, 5) is 12.0. The summed E-state index contributed by atoms with van der Waals surface area (Å²) in [6, 6.07) is 2.49. The lowest BCUT2D eigenvalue weighted by Gasteiger charge is -2.19. The second kappa shape index (κ2) is 5.95. The van der Waals surface area contributed by atoms with Crippen molar-refractivity contribution in [1.82, 2.24) is 25.1 Å². The molecule has 0 aliphatic carbocycles. The zero-order chi connectivity index (χ0) is 16.3. The molecule has 1 heterocycles. The molecule has 7 nitrogen and oxygen atoms in total. The van der Waals surface area contributed by atoms with Gasteiger partial charge in [-0.3, -0.25) is 0 Å². The molecule has 0 unspecified atom stereocenters. The molecule has 0 atom stereocenters. The standard InChI is InChI=1S/C11H10F4N6O/c1-20(5-11(13,14)15)10(22)17-9-4-7(2-3-8(9)12)21-6-16-18-19-21/h2-4,6H,5H2,1H3,(H,17,22). The quantitative estimate of drug-likeness (QED) is 0.876. The van der Waals surface area contributed by atoms with Crippen molar-refractivity contribution in [2.24, 2.45) is 0 Å². The summed E-state index contributed by atoms with van der Waals surface area (Å²) in [5.74, 6) is -0.800. The first kappa shape index (κ1) is 15.7. The topological polar surface area (TPSA) is 75.9 Å². The van der Waals surface area contributed by atoms with Crippen LogP contribution in [0.3, 0.4) is 0 Å². The molecule has 0 bridgehead atoms. The van der Waals surface area contributed by atoms with Gasteiger partial charge in [0.05, 0.1) is 11.4 Å². The third-order valence-corrected chi connectivity index (χ3v) is 2.57. The molecule has 0 radical (unpaired) electrons. The van der Waals surface area contributed by atoms with Crippen LogP contribution in [0.4, 0.5) is 28.0 Å². The van der Waals surface area contributed by atoms with Crippen molar-refractivity contribution in [1.29, 1.82) is 0 Å².